The Kier molecular flexibility index (Phi) is 6.28. The number of methoxy groups -OCH3 is 1. The van der Waals surface area contributed by atoms with E-state index in [-0.39, 0.29) is 12.5 Å². The standard InChI is InChI=1S/C11H20N2O4S/c1-8-7-13(4-6-18-8)11(16)12-9(10(14)15)3-5-17-2/h8-9H,3-7H2,1-2H3,(H,12,16)(H,14,15). The van der Waals surface area contributed by atoms with Crippen molar-refractivity contribution >= 4 is 23.8 Å². The molecule has 0 aromatic carbocycles. The predicted octanol–water partition coefficient (Wildman–Crippen LogP) is 0.623. The van der Waals surface area contributed by atoms with Crippen molar-refractivity contribution in [3.05, 3.63) is 0 Å². The largest absolute Gasteiger partial charge is 0.480 e. The topological polar surface area (TPSA) is 78.9 Å². The SMILES string of the molecule is COCCC(NC(=O)N1CCSC(C)C1)C(=O)O. The first-order valence-electron chi connectivity index (χ1n) is 5.93. The molecule has 1 aliphatic rings. The van der Waals surface area contributed by atoms with Gasteiger partial charge in [0.05, 0.1) is 0 Å². The molecular formula is C11H20N2O4S. The molecule has 1 aliphatic heterocycles. The van der Waals surface area contributed by atoms with Crippen LogP contribution in [0.2, 0.25) is 0 Å². The minimum Gasteiger partial charge on any atom is -0.480 e. The Hall–Kier alpha value is -0.950. The number of hydrogen-bond donors (Lipinski definition) is 2. The minimum atomic E-state index is -1.03. The van der Waals surface area contributed by atoms with Crippen LogP contribution in [0.25, 0.3) is 0 Å². The highest BCUT2D eigenvalue weighted by molar-refractivity contribution is 7.99. The number of carboxylic acid groups (broad SMARTS) is 1. The normalized spacial score (nSPS) is 21.4. The minimum absolute atomic E-state index is 0.274. The van der Waals surface area contributed by atoms with Crippen LogP contribution in [0.1, 0.15) is 13.3 Å². The highest BCUT2D eigenvalue weighted by Crippen LogP contribution is 2.17. The predicted molar refractivity (Wildman–Crippen MR) is 69.9 cm³/mol. The van der Waals surface area contributed by atoms with Crippen LogP contribution in [-0.2, 0) is 9.53 Å². The number of rotatable bonds is 5. The van der Waals surface area contributed by atoms with Crippen molar-refractivity contribution < 1.29 is 19.4 Å². The number of nitrogens with zero attached hydrogens (tertiary/aromatic N) is 1. The Morgan fingerprint density at radius 3 is 2.89 bits per heavy atom. The van der Waals surface area contributed by atoms with Crippen molar-refractivity contribution in [1.29, 1.82) is 0 Å². The van der Waals surface area contributed by atoms with Crippen LogP contribution in [0.15, 0.2) is 0 Å². The molecule has 18 heavy (non-hydrogen) atoms. The molecule has 1 heterocycles. The lowest BCUT2D eigenvalue weighted by Gasteiger charge is -2.31. The number of carbonyl (C=O) groups is 2. The highest BCUT2D eigenvalue weighted by atomic mass is 32.2. The molecule has 0 aromatic heterocycles. The Morgan fingerprint density at radius 2 is 2.33 bits per heavy atom. The molecule has 7 heteroatoms. The second kappa shape index (κ2) is 7.48. The summed E-state index contributed by atoms with van der Waals surface area (Å²) in [5.41, 5.74) is 0. The third-order valence-corrected chi connectivity index (χ3v) is 3.87. The van der Waals surface area contributed by atoms with E-state index in [0.717, 1.165) is 5.75 Å². The smallest absolute Gasteiger partial charge is 0.326 e. The second-order valence-corrected chi connectivity index (χ2v) is 5.80. The van der Waals surface area contributed by atoms with Gasteiger partial charge in [0.25, 0.3) is 0 Å². The summed E-state index contributed by atoms with van der Waals surface area (Å²) < 4.78 is 4.84. The molecule has 0 bridgehead atoms. The number of thioether (sulfide) groups is 1. The van der Waals surface area contributed by atoms with Gasteiger partial charge in [-0.05, 0) is 0 Å². The van der Waals surface area contributed by atoms with Gasteiger partial charge >= 0.3 is 12.0 Å². The molecule has 2 unspecified atom stereocenters. The van der Waals surface area contributed by atoms with Crippen LogP contribution in [-0.4, -0.2) is 65.9 Å². The maximum atomic E-state index is 11.9. The van der Waals surface area contributed by atoms with E-state index >= 15 is 0 Å². The number of carboxylic acids is 1. The lowest BCUT2D eigenvalue weighted by atomic mass is 10.2. The van der Waals surface area contributed by atoms with Gasteiger partial charge in [-0.25, -0.2) is 9.59 Å². The van der Waals surface area contributed by atoms with E-state index in [2.05, 4.69) is 12.2 Å². The van der Waals surface area contributed by atoms with Gasteiger partial charge in [-0.3, -0.25) is 0 Å². The zero-order chi connectivity index (χ0) is 13.5. The van der Waals surface area contributed by atoms with Gasteiger partial charge in [-0.2, -0.15) is 11.8 Å². The van der Waals surface area contributed by atoms with Gasteiger partial charge in [-0.1, -0.05) is 6.92 Å². The van der Waals surface area contributed by atoms with E-state index in [9.17, 15) is 9.59 Å². The van der Waals surface area contributed by atoms with Crippen LogP contribution in [0.4, 0.5) is 4.79 Å². The fourth-order valence-corrected chi connectivity index (χ4v) is 2.75. The Bertz CT molecular complexity index is 301. The molecule has 0 aliphatic carbocycles. The first-order valence-corrected chi connectivity index (χ1v) is 6.98. The maximum absolute atomic E-state index is 11.9. The molecule has 1 fully saturated rings. The van der Waals surface area contributed by atoms with Crippen LogP contribution in [0, 0.1) is 0 Å². The average Bonchev–Trinajstić information content (AvgIpc) is 2.33. The van der Waals surface area contributed by atoms with Crippen molar-refractivity contribution in [3.63, 3.8) is 0 Å². The van der Waals surface area contributed by atoms with Gasteiger partial charge in [0.15, 0.2) is 0 Å². The maximum Gasteiger partial charge on any atom is 0.326 e. The summed E-state index contributed by atoms with van der Waals surface area (Å²) in [5, 5.41) is 11.9. The van der Waals surface area contributed by atoms with Crippen molar-refractivity contribution in [1.82, 2.24) is 10.2 Å². The number of aliphatic carboxylic acids is 1. The third kappa shape index (κ3) is 4.73. The number of hydrogen-bond acceptors (Lipinski definition) is 4. The molecule has 0 radical (unpaired) electrons. The molecular weight excluding hydrogens is 256 g/mol. The summed E-state index contributed by atoms with van der Waals surface area (Å²) in [6.07, 6.45) is 0.274. The number of carbonyl (C=O) groups excluding carboxylic acids is 1. The van der Waals surface area contributed by atoms with Crippen LogP contribution in [0.3, 0.4) is 0 Å². The lowest BCUT2D eigenvalue weighted by Crippen LogP contribution is -2.51. The molecule has 1 rings (SSSR count). The molecule has 2 atom stereocenters. The molecule has 0 aromatic rings. The molecule has 1 saturated heterocycles. The highest BCUT2D eigenvalue weighted by Gasteiger charge is 2.25. The number of nitrogens with one attached hydrogen (secondary N) is 1. The molecule has 2 N–H and O–H groups in total. The van der Waals surface area contributed by atoms with Crippen molar-refractivity contribution in [2.75, 3.05) is 32.6 Å². The molecule has 0 spiro atoms. The van der Waals surface area contributed by atoms with Crippen molar-refractivity contribution in [3.8, 4) is 0 Å². The van der Waals surface area contributed by atoms with Crippen molar-refractivity contribution in [2.45, 2.75) is 24.6 Å². The first-order chi connectivity index (χ1) is 8.54. The van der Waals surface area contributed by atoms with E-state index in [4.69, 9.17) is 9.84 Å². The second-order valence-electron chi connectivity index (χ2n) is 4.25. The zero-order valence-electron chi connectivity index (χ0n) is 10.7. The number of amides is 2. The quantitative estimate of drug-likeness (QED) is 0.769. The van der Waals surface area contributed by atoms with E-state index in [1.54, 1.807) is 4.90 Å². The van der Waals surface area contributed by atoms with E-state index < -0.39 is 12.0 Å². The summed E-state index contributed by atoms with van der Waals surface area (Å²) in [6, 6.07) is -1.19. The zero-order valence-corrected chi connectivity index (χ0v) is 11.5. The van der Waals surface area contributed by atoms with Gasteiger partial charge in [0.2, 0.25) is 0 Å². The monoisotopic (exact) mass is 276 g/mol. The summed E-state index contributed by atoms with van der Waals surface area (Å²) in [4.78, 5) is 24.6. The summed E-state index contributed by atoms with van der Waals surface area (Å²) in [6.45, 7) is 3.69. The summed E-state index contributed by atoms with van der Waals surface area (Å²) in [7, 11) is 1.50. The lowest BCUT2D eigenvalue weighted by molar-refractivity contribution is -0.139. The number of ether oxygens (including phenoxy) is 1. The van der Waals surface area contributed by atoms with Crippen LogP contribution < -0.4 is 5.32 Å². The van der Waals surface area contributed by atoms with E-state index in [1.807, 2.05) is 11.8 Å². The Balaban J connectivity index is 2.46. The summed E-state index contributed by atoms with van der Waals surface area (Å²) in [5.74, 6) is -0.135. The fraction of sp³-hybridized carbons (Fsp3) is 0.818. The van der Waals surface area contributed by atoms with Gasteiger partial charge < -0.3 is 20.1 Å². The van der Waals surface area contributed by atoms with E-state index in [0.29, 0.717) is 24.9 Å². The molecule has 6 nitrogen and oxygen atoms in total. The Morgan fingerprint density at radius 1 is 1.61 bits per heavy atom. The fourth-order valence-electron chi connectivity index (χ4n) is 1.74. The average molecular weight is 276 g/mol. The van der Waals surface area contributed by atoms with Gasteiger partial charge in [-0.15, -0.1) is 0 Å². The van der Waals surface area contributed by atoms with Crippen LogP contribution >= 0.6 is 11.8 Å². The molecule has 0 saturated carbocycles. The van der Waals surface area contributed by atoms with Gasteiger partial charge in [0, 0.05) is 44.2 Å². The third-order valence-electron chi connectivity index (χ3n) is 2.73. The Labute approximate surface area is 111 Å². The van der Waals surface area contributed by atoms with Gasteiger partial charge in [0.1, 0.15) is 6.04 Å². The molecule has 104 valence electrons. The van der Waals surface area contributed by atoms with Crippen molar-refractivity contribution in [2.24, 2.45) is 0 Å². The number of urea groups is 1. The van der Waals surface area contributed by atoms with E-state index in [1.165, 1.54) is 7.11 Å². The summed E-state index contributed by atoms with van der Waals surface area (Å²) >= 11 is 1.82. The van der Waals surface area contributed by atoms with Crippen LogP contribution in [0.5, 0.6) is 0 Å². The molecule has 2 amide bonds. The first kappa shape index (κ1) is 15.1.